The van der Waals surface area contributed by atoms with Crippen LogP contribution in [0.2, 0.25) is 0 Å². The van der Waals surface area contributed by atoms with Crippen molar-refractivity contribution < 1.29 is 30.0 Å². The lowest BCUT2D eigenvalue weighted by Gasteiger charge is -2.42. The molecule has 0 saturated heterocycles. The molecular formula is C21H28O6. The number of hydrogen-bond donors (Lipinski definition) is 4. The first kappa shape index (κ1) is 21.0. The van der Waals surface area contributed by atoms with Gasteiger partial charge in [0.2, 0.25) is 0 Å². The normalized spacial score (nSPS) is 22.7. The maximum Gasteiger partial charge on any atom is 0.306 e. The molecule has 0 heterocycles. The third-order valence-electron chi connectivity index (χ3n) is 5.84. The number of aliphatic hydroxyl groups excluding tert-OH is 1. The van der Waals surface area contributed by atoms with Crippen LogP contribution in [0.4, 0.5) is 0 Å². The Bertz CT molecular complexity index is 749. The fraction of sp³-hybridized carbons (Fsp3) is 0.524. The van der Waals surface area contributed by atoms with Crippen LogP contribution in [-0.2, 0) is 4.79 Å². The monoisotopic (exact) mass is 376 g/mol. The number of carboxylic acids is 1. The molecule has 3 atom stereocenters. The summed E-state index contributed by atoms with van der Waals surface area (Å²) in [5.74, 6) is -2.90. The van der Waals surface area contributed by atoms with E-state index in [9.17, 15) is 30.0 Å². The summed E-state index contributed by atoms with van der Waals surface area (Å²) in [5.41, 5.74) is 0.687. The predicted octanol–water partition coefficient (Wildman–Crippen LogP) is 3.50. The average Bonchev–Trinajstić information content (AvgIpc) is 2.59. The first-order chi connectivity index (χ1) is 12.5. The van der Waals surface area contributed by atoms with E-state index in [2.05, 4.69) is 0 Å². The molecule has 0 bridgehead atoms. The fourth-order valence-electron chi connectivity index (χ4n) is 3.92. The van der Waals surface area contributed by atoms with E-state index in [1.54, 1.807) is 0 Å². The summed E-state index contributed by atoms with van der Waals surface area (Å²) in [7, 11) is 0. The van der Waals surface area contributed by atoms with Crippen LogP contribution in [0.15, 0.2) is 29.8 Å². The van der Waals surface area contributed by atoms with Gasteiger partial charge in [0.05, 0.1) is 17.6 Å². The van der Waals surface area contributed by atoms with Gasteiger partial charge < -0.3 is 20.4 Å². The van der Waals surface area contributed by atoms with Gasteiger partial charge in [-0.05, 0) is 55.7 Å². The zero-order valence-corrected chi connectivity index (χ0v) is 16.0. The van der Waals surface area contributed by atoms with Crippen LogP contribution in [0.3, 0.4) is 0 Å². The second-order valence-corrected chi connectivity index (χ2v) is 8.01. The van der Waals surface area contributed by atoms with Crippen molar-refractivity contribution in [2.75, 3.05) is 0 Å². The molecule has 1 aromatic carbocycles. The van der Waals surface area contributed by atoms with Gasteiger partial charge in [-0.25, -0.2) is 0 Å². The Labute approximate surface area is 159 Å². The van der Waals surface area contributed by atoms with Gasteiger partial charge in [-0.1, -0.05) is 25.5 Å². The number of carboxylic acid groups (broad SMARTS) is 1. The van der Waals surface area contributed by atoms with E-state index in [-0.39, 0.29) is 41.2 Å². The van der Waals surface area contributed by atoms with Gasteiger partial charge in [-0.2, -0.15) is 0 Å². The number of hydrogen-bond acceptors (Lipinski definition) is 5. The van der Waals surface area contributed by atoms with Crippen LogP contribution in [0.1, 0.15) is 56.8 Å². The number of carbonyl (C=O) groups is 2. The Morgan fingerprint density at radius 1 is 1.26 bits per heavy atom. The number of benzene rings is 1. The van der Waals surface area contributed by atoms with Crippen molar-refractivity contribution >= 4 is 11.8 Å². The second kappa shape index (κ2) is 8.13. The molecule has 0 amide bonds. The Balaban J connectivity index is 2.11. The van der Waals surface area contributed by atoms with Gasteiger partial charge in [-0.3, -0.25) is 9.59 Å². The van der Waals surface area contributed by atoms with Gasteiger partial charge in [0.1, 0.15) is 11.5 Å². The van der Waals surface area contributed by atoms with Gasteiger partial charge in [0.15, 0.2) is 5.78 Å². The van der Waals surface area contributed by atoms with Crippen LogP contribution in [0.25, 0.3) is 0 Å². The summed E-state index contributed by atoms with van der Waals surface area (Å²) in [5, 5.41) is 39.1. The molecular weight excluding hydrogens is 348 g/mol. The fourth-order valence-corrected chi connectivity index (χ4v) is 3.92. The van der Waals surface area contributed by atoms with Gasteiger partial charge in [0, 0.05) is 6.42 Å². The highest BCUT2D eigenvalue weighted by Crippen LogP contribution is 2.44. The Kier molecular flexibility index (Phi) is 6.31. The van der Waals surface area contributed by atoms with Crippen molar-refractivity contribution in [3.8, 4) is 11.5 Å². The van der Waals surface area contributed by atoms with Crippen LogP contribution < -0.4 is 0 Å². The molecule has 6 nitrogen and oxygen atoms in total. The molecule has 1 aromatic rings. The highest BCUT2D eigenvalue weighted by molar-refractivity contribution is 6.00. The maximum atomic E-state index is 12.4. The summed E-state index contributed by atoms with van der Waals surface area (Å²) in [6, 6.07) is 3.61. The lowest BCUT2D eigenvalue weighted by molar-refractivity contribution is -0.142. The molecule has 0 fully saturated rings. The maximum absolute atomic E-state index is 12.4. The van der Waals surface area contributed by atoms with Crippen LogP contribution in [-0.4, -0.2) is 38.3 Å². The van der Waals surface area contributed by atoms with Crippen molar-refractivity contribution in [1.82, 2.24) is 0 Å². The Morgan fingerprint density at radius 2 is 1.93 bits per heavy atom. The molecule has 148 valence electrons. The van der Waals surface area contributed by atoms with E-state index >= 15 is 0 Å². The molecule has 0 aromatic heterocycles. The number of ketones is 1. The second-order valence-electron chi connectivity index (χ2n) is 8.01. The molecule has 27 heavy (non-hydrogen) atoms. The topological polar surface area (TPSA) is 115 Å². The third kappa shape index (κ3) is 4.69. The first-order valence-corrected chi connectivity index (χ1v) is 9.16. The van der Waals surface area contributed by atoms with E-state index in [0.29, 0.717) is 12.8 Å². The van der Waals surface area contributed by atoms with Crippen LogP contribution in [0, 0.1) is 17.3 Å². The Hall–Kier alpha value is -2.34. The Morgan fingerprint density at radius 3 is 2.56 bits per heavy atom. The van der Waals surface area contributed by atoms with E-state index in [0.717, 1.165) is 11.6 Å². The highest BCUT2D eigenvalue weighted by atomic mass is 16.4. The molecule has 1 aliphatic carbocycles. The van der Waals surface area contributed by atoms with E-state index in [1.165, 1.54) is 12.1 Å². The van der Waals surface area contributed by atoms with Crippen LogP contribution >= 0.6 is 0 Å². The number of phenolic OH excluding ortho intramolecular Hbond substituents is 2. The summed E-state index contributed by atoms with van der Waals surface area (Å²) >= 11 is 0. The predicted molar refractivity (Wildman–Crippen MR) is 101 cm³/mol. The SMILES string of the molecule is CC1=CC[C@H](O)C(C)(C)[C@@H]1CCC(CC(=O)c1cc(O)ccc1O)C(=O)O. The summed E-state index contributed by atoms with van der Waals surface area (Å²) in [6.45, 7) is 5.94. The van der Waals surface area contributed by atoms with Crippen LogP contribution in [0.5, 0.6) is 11.5 Å². The number of Topliss-reactive ketones (excluding diaryl/α,β-unsaturated/α-hetero) is 1. The van der Waals surface area contributed by atoms with E-state index in [4.69, 9.17) is 0 Å². The van der Waals surface area contributed by atoms with Gasteiger partial charge in [-0.15, -0.1) is 0 Å². The number of rotatable bonds is 7. The highest BCUT2D eigenvalue weighted by Gasteiger charge is 2.40. The lowest BCUT2D eigenvalue weighted by atomic mass is 9.65. The summed E-state index contributed by atoms with van der Waals surface area (Å²) in [4.78, 5) is 24.1. The molecule has 1 unspecified atom stereocenters. The third-order valence-corrected chi connectivity index (χ3v) is 5.84. The van der Waals surface area contributed by atoms with E-state index in [1.807, 2.05) is 26.8 Å². The van der Waals surface area contributed by atoms with E-state index < -0.39 is 23.8 Å². The summed E-state index contributed by atoms with van der Waals surface area (Å²) < 4.78 is 0. The number of phenols is 2. The number of allylic oxidation sites excluding steroid dienone is 1. The number of aliphatic carboxylic acids is 1. The van der Waals surface area contributed by atoms with Crippen molar-refractivity contribution in [3.63, 3.8) is 0 Å². The average molecular weight is 376 g/mol. The molecule has 0 aliphatic heterocycles. The zero-order valence-electron chi connectivity index (χ0n) is 16.0. The number of aliphatic hydroxyl groups is 1. The molecule has 2 rings (SSSR count). The van der Waals surface area contributed by atoms with Gasteiger partial charge >= 0.3 is 5.97 Å². The minimum atomic E-state index is -1.07. The summed E-state index contributed by atoms with van der Waals surface area (Å²) in [6.07, 6.45) is 2.67. The van der Waals surface area contributed by atoms with Crippen molar-refractivity contribution in [2.24, 2.45) is 17.3 Å². The first-order valence-electron chi connectivity index (χ1n) is 9.16. The molecule has 4 N–H and O–H groups in total. The molecule has 0 radical (unpaired) electrons. The smallest absolute Gasteiger partial charge is 0.306 e. The quantitative estimate of drug-likeness (QED) is 0.329. The van der Waals surface area contributed by atoms with Crippen molar-refractivity contribution in [2.45, 2.75) is 52.6 Å². The van der Waals surface area contributed by atoms with Crippen molar-refractivity contribution in [3.05, 3.63) is 35.4 Å². The molecule has 1 aliphatic rings. The molecule has 6 heteroatoms. The van der Waals surface area contributed by atoms with Crippen molar-refractivity contribution in [1.29, 1.82) is 0 Å². The standard InChI is InChI=1S/C21H28O6/c1-12-4-9-19(25)21(2,3)16(12)7-5-13(20(26)27)10-18(24)15-11-14(22)6-8-17(15)23/h4,6,8,11,13,16,19,22-23,25H,5,7,9-10H2,1-3H3,(H,26,27)/t13?,16-,19+/m1/s1. The minimum absolute atomic E-state index is 0.0346. The number of carbonyl (C=O) groups excluding carboxylic acids is 1. The molecule has 0 saturated carbocycles. The van der Waals surface area contributed by atoms with Gasteiger partial charge in [0.25, 0.3) is 0 Å². The lowest BCUT2D eigenvalue weighted by Crippen LogP contribution is -2.40. The number of aromatic hydroxyl groups is 2. The molecule has 0 spiro atoms. The zero-order chi connectivity index (χ0) is 20.4. The minimum Gasteiger partial charge on any atom is -0.508 e. The largest absolute Gasteiger partial charge is 0.508 e.